The molecule has 32 heavy (non-hydrogen) atoms. The Morgan fingerprint density at radius 2 is 1.84 bits per heavy atom. The highest BCUT2D eigenvalue weighted by atomic mass is 32.1. The van der Waals surface area contributed by atoms with Gasteiger partial charge >= 0.3 is 0 Å². The molecule has 7 nitrogen and oxygen atoms in total. The van der Waals surface area contributed by atoms with Crippen molar-refractivity contribution in [3.63, 3.8) is 0 Å². The minimum Gasteiger partial charge on any atom is -0.497 e. The normalized spacial score (nSPS) is 11.8. The molecule has 0 fully saturated rings. The lowest BCUT2D eigenvalue weighted by atomic mass is 9.99. The van der Waals surface area contributed by atoms with Crippen LogP contribution >= 0.6 is 11.3 Å². The molecule has 0 saturated heterocycles. The van der Waals surface area contributed by atoms with Crippen LogP contribution in [0, 0.1) is 20.8 Å². The molecular weight excluding hydrogens is 424 g/mol. The third kappa shape index (κ3) is 4.81. The highest BCUT2D eigenvalue weighted by Gasteiger charge is 2.23. The van der Waals surface area contributed by atoms with Gasteiger partial charge in [0.05, 0.1) is 19.4 Å². The van der Waals surface area contributed by atoms with Gasteiger partial charge < -0.3 is 19.8 Å². The highest BCUT2D eigenvalue weighted by molar-refractivity contribution is 7.16. The summed E-state index contributed by atoms with van der Waals surface area (Å²) in [6, 6.07) is 14.8. The largest absolute Gasteiger partial charge is 0.497 e. The van der Waals surface area contributed by atoms with Crippen LogP contribution in [0.3, 0.4) is 0 Å². The average Bonchev–Trinajstić information content (AvgIpc) is 3.41. The molecule has 0 radical (unpaired) electrons. The highest BCUT2D eigenvalue weighted by Crippen LogP contribution is 2.38. The SMILES string of the molecule is COc1cccc(C(Nc2nc(C)cc(C)n2)c2cc(C)sc2NC(=O)c2ccco2)c1. The molecule has 3 heterocycles. The van der Waals surface area contributed by atoms with E-state index in [0.29, 0.717) is 5.95 Å². The average molecular weight is 449 g/mol. The van der Waals surface area contributed by atoms with Crippen LogP contribution in [0.25, 0.3) is 0 Å². The zero-order chi connectivity index (χ0) is 22.7. The fourth-order valence-corrected chi connectivity index (χ4v) is 4.45. The second-order valence-corrected chi connectivity index (χ2v) is 8.66. The van der Waals surface area contributed by atoms with Crippen LogP contribution in [0.15, 0.2) is 59.2 Å². The molecule has 8 heteroatoms. The number of ether oxygens (including phenoxy) is 1. The Kier molecular flexibility index (Phi) is 6.23. The molecule has 2 N–H and O–H groups in total. The summed E-state index contributed by atoms with van der Waals surface area (Å²) in [5, 5.41) is 7.19. The quantitative estimate of drug-likeness (QED) is 0.387. The third-order valence-corrected chi connectivity index (χ3v) is 5.83. The van der Waals surface area contributed by atoms with Gasteiger partial charge in [-0.15, -0.1) is 11.3 Å². The van der Waals surface area contributed by atoms with Crippen molar-refractivity contribution < 1.29 is 13.9 Å². The number of carbonyl (C=O) groups is 1. The molecule has 1 aromatic carbocycles. The van der Waals surface area contributed by atoms with Crippen LogP contribution in [-0.4, -0.2) is 23.0 Å². The van der Waals surface area contributed by atoms with E-state index in [0.717, 1.165) is 38.1 Å². The smallest absolute Gasteiger partial charge is 0.291 e. The van der Waals surface area contributed by atoms with Gasteiger partial charge in [0.2, 0.25) is 5.95 Å². The maximum absolute atomic E-state index is 12.7. The van der Waals surface area contributed by atoms with Gasteiger partial charge in [-0.1, -0.05) is 12.1 Å². The van der Waals surface area contributed by atoms with Crippen LogP contribution in [-0.2, 0) is 0 Å². The van der Waals surface area contributed by atoms with Gasteiger partial charge in [-0.25, -0.2) is 9.97 Å². The predicted molar refractivity (Wildman–Crippen MR) is 126 cm³/mol. The fraction of sp³-hybridized carbons (Fsp3) is 0.208. The van der Waals surface area contributed by atoms with Gasteiger partial charge in [0, 0.05) is 21.8 Å². The van der Waals surface area contributed by atoms with E-state index >= 15 is 0 Å². The first-order valence-corrected chi connectivity index (χ1v) is 10.9. The first kappa shape index (κ1) is 21.6. The number of methoxy groups -OCH3 is 1. The molecule has 1 amide bonds. The Labute approximate surface area is 190 Å². The summed E-state index contributed by atoms with van der Waals surface area (Å²) in [6.07, 6.45) is 1.48. The van der Waals surface area contributed by atoms with Crippen molar-refractivity contribution in [3.8, 4) is 5.75 Å². The van der Waals surface area contributed by atoms with Crippen LogP contribution in [0.2, 0.25) is 0 Å². The lowest BCUT2D eigenvalue weighted by molar-refractivity contribution is 0.0997. The number of rotatable bonds is 7. The number of aromatic nitrogens is 2. The summed E-state index contributed by atoms with van der Waals surface area (Å²) < 4.78 is 10.7. The van der Waals surface area contributed by atoms with Crippen molar-refractivity contribution in [2.75, 3.05) is 17.7 Å². The first-order valence-electron chi connectivity index (χ1n) is 10.1. The molecule has 1 unspecified atom stereocenters. The Morgan fingerprint density at radius 3 is 2.53 bits per heavy atom. The van der Waals surface area contributed by atoms with E-state index in [4.69, 9.17) is 9.15 Å². The van der Waals surface area contributed by atoms with Crippen molar-refractivity contribution in [1.82, 2.24) is 9.97 Å². The number of carbonyl (C=O) groups excluding carboxylic acids is 1. The Balaban J connectivity index is 1.76. The standard InChI is InChI=1S/C24H24N4O3S/c1-14-11-15(2)26-24(25-14)27-21(17-7-5-8-18(13-17)30-4)19-12-16(3)32-23(19)28-22(29)20-9-6-10-31-20/h5-13,21H,1-4H3,(H,28,29)(H,25,26,27). The van der Waals surface area contributed by atoms with Gasteiger partial charge in [0.15, 0.2) is 5.76 Å². The molecule has 3 aromatic heterocycles. The second kappa shape index (κ2) is 9.23. The summed E-state index contributed by atoms with van der Waals surface area (Å²) in [7, 11) is 1.64. The van der Waals surface area contributed by atoms with Gasteiger partial charge in [-0.3, -0.25) is 4.79 Å². The minimum atomic E-state index is -0.317. The van der Waals surface area contributed by atoms with Gasteiger partial charge in [0.1, 0.15) is 10.8 Å². The van der Waals surface area contributed by atoms with Crippen molar-refractivity contribution in [2.45, 2.75) is 26.8 Å². The Bertz CT molecular complexity index is 1210. The lowest BCUT2D eigenvalue weighted by Gasteiger charge is -2.21. The van der Waals surface area contributed by atoms with Crippen LogP contribution in [0.4, 0.5) is 10.9 Å². The maximum Gasteiger partial charge on any atom is 0.291 e. The van der Waals surface area contributed by atoms with Gasteiger partial charge in [0.25, 0.3) is 5.91 Å². The number of hydrogen-bond acceptors (Lipinski definition) is 7. The fourth-order valence-electron chi connectivity index (χ4n) is 3.50. The minimum absolute atomic E-state index is 0.255. The molecule has 0 aliphatic carbocycles. The van der Waals surface area contributed by atoms with E-state index in [-0.39, 0.29) is 17.7 Å². The monoisotopic (exact) mass is 448 g/mol. The number of hydrogen-bond donors (Lipinski definition) is 2. The number of aryl methyl sites for hydroxylation is 3. The number of thiophene rings is 1. The molecule has 4 rings (SSSR count). The van der Waals surface area contributed by atoms with Crippen LogP contribution in [0.5, 0.6) is 5.75 Å². The molecule has 0 saturated carbocycles. The second-order valence-electron chi connectivity index (χ2n) is 7.40. The molecule has 0 aliphatic rings. The van der Waals surface area contributed by atoms with E-state index < -0.39 is 0 Å². The third-order valence-electron chi connectivity index (χ3n) is 4.85. The number of benzene rings is 1. The van der Waals surface area contributed by atoms with Crippen LogP contribution in [0.1, 0.15) is 44.0 Å². The number of amides is 1. The summed E-state index contributed by atoms with van der Waals surface area (Å²) in [5.74, 6) is 1.21. The first-order chi connectivity index (χ1) is 15.4. The van der Waals surface area contributed by atoms with E-state index in [2.05, 4.69) is 26.7 Å². The summed E-state index contributed by atoms with van der Waals surface area (Å²) in [4.78, 5) is 22.8. The predicted octanol–water partition coefficient (Wildman–Crippen LogP) is 5.52. The molecule has 0 spiro atoms. The van der Waals surface area contributed by atoms with Crippen molar-refractivity contribution in [2.24, 2.45) is 0 Å². The van der Waals surface area contributed by atoms with Crippen molar-refractivity contribution >= 4 is 28.2 Å². The van der Waals surface area contributed by atoms with Crippen LogP contribution < -0.4 is 15.4 Å². The number of anilines is 2. The number of nitrogens with one attached hydrogen (secondary N) is 2. The maximum atomic E-state index is 12.7. The van der Waals surface area contributed by atoms with Crippen molar-refractivity contribution in [1.29, 1.82) is 0 Å². The van der Waals surface area contributed by atoms with E-state index in [1.54, 1.807) is 19.2 Å². The topological polar surface area (TPSA) is 89.3 Å². The molecular formula is C24H24N4O3S. The zero-order valence-electron chi connectivity index (χ0n) is 18.3. The summed E-state index contributed by atoms with van der Waals surface area (Å²) in [6.45, 7) is 5.88. The molecule has 164 valence electrons. The van der Waals surface area contributed by atoms with E-state index in [9.17, 15) is 4.79 Å². The zero-order valence-corrected chi connectivity index (χ0v) is 19.1. The van der Waals surface area contributed by atoms with Gasteiger partial charge in [-0.05, 0) is 62.7 Å². The molecule has 4 aromatic rings. The number of nitrogens with zero attached hydrogens (tertiary/aromatic N) is 2. The number of furan rings is 1. The Hall–Kier alpha value is -3.65. The van der Waals surface area contributed by atoms with Crippen molar-refractivity contribution in [3.05, 3.63) is 87.9 Å². The molecule has 0 bridgehead atoms. The Morgan fingerprint density at radius 1 is 1.06 bits per heavy atom. The summed E-state index contributed by atoms with van der Waals surface area (Å²) >= 11 is 1.50. The van der Waals surface area contributed by atoms with E-state index in [1.807, 2.05) is 51.1 Å². The molecule has 0 aliphatic heterocycles. The van der Waals surface area contributed by atoms with Gasteiger partial charge in [-0.2, -0.15) is 0 Å². The molecule has 1 atom stereocenters. The lowest BCUT2D eigenvalue weighted by Crippen LogP contribution is -2.18. The van der Waals surface area contributed by atoms with E-state index in [1.165, 1.54) is 17.6 Å². The summed E-state index contributed by atoms with van der Waals surface area (Å²) in [5.41, 5.74) is 3.61.